The molecule has 114 valence electrons. The van der Waals surface area contributed by atoms with Crippen molar-refractivity contribution in [3.63, 3.8) is 0 Å². The number of hydrogen-bond donors (Lipinski definition) is 1. The van der Waals surface area contributed by atoms with Gasteiger partial charge < -0.3 is 10.1 Å². The van der Waals surface area contributed by atoms with Crippen molar-refractivity contribution < 1.29 is 9.53 Å². The molecule has 0 saturated heterocycles. The number of hydrogen-bond acceptors (Lipinski definition) is 5. The van der Waals surface area contributed by atoms with E-state index in [1.807, 2.05) is 0 Å². The summed E-state index contributed by atoms with van der Waals surface area (Å²) in [6.07, 6.45) is 4.44. The normalized spacial score (nSPS) is 31.0. The zero-order chi connectivity index (χ0) is 15.0. The molecule has 5 nitrogen and oxygen atoms in total. The first-order valence-corrected chi connectivity index (χ1v) is 7.88. The van der Waals surface area contributed by atoms with E-state index in [4.69, 9.17) is 27.9 Å². The van der Waals surface area contributed by atoms with Crippen molar-refractivity contribution in [3.05, 3.63) is 16.5 Å². The lowest BCUT2D eigenvalue weighted by atomic mass is 9.61. The molecule has 1 aromatic heterocycles. The predicted molar refractivity (Wildman–Crippen MR) is 80.4 cm³/mol. The van der Waals surface area contributed by atoms with Gasteiger partial charge in [-0.15, -0.1) is 0 Å². The van der Waals surface area contributed by atoms with Gasteiger partial charge in [0, 0.05) is 12.1 Å². The Morgan fingerprint density at radius 3 is 2.52 bits per heavy atom. The van der Waals surface area contributed by atoms with Crippen LogP contribution in [0.15, 0.2) is 6.07 Å². The second kappa shape index (κ2) is 5.97. The topological polar surface area (TPSA) is 64.1 Å². The van der Waals surface area contributed by atoms with Crippen molar-refractivity contribution in [2.75, 3.05) is 12.4 Å². The van der Waals surface area contributed by atoms with E-state index in [0.29, 0.717) is 17.7 Å². The molecule has 0 radical (unpaired) electrons. The molecule has 2 bridgehead atoms. The first kappa shape index (κ1) is 14.9. The molecule has 3 aliphatic rings. The largest absolute Gasteiger partial charge is 0.469 e. The predicted octanol–water partition coefficient (Wildman–Crippen LogP) is 3.17. The van der Waals surface area contributed by atoms with Crippen LogP contribution in [0.2, 0.25) is 10.4 Å². The molecular weight excluding hydrogens is 313 g/mol. The fourth-order valence-electron chi connectivity index (χ4n) is 3.77. The zero-order valence-electron chi connectivity index (χ0n) is 11.7. The van der Waals surface area contributed by atoms with Crippen LogP contribution in [0, 0.1) is 17.8 Å². The van der Waals surface area contributed by atoms with E-state index in [1.165, 1.54) is 7.11 Å². The second-order valence-electron chi connectivity index (χ2n) is 5.74. The highest BCUT2D eigenvalue weighted by Gasteiger charge is 2.47. The molecule has 2 unspecified atom stereocenters. The summed E-state index contributed by atoms with van der Waals surface area (Å²) in [7, 11) is 1.44. The first-order valence-electron chi connectivity index (χ1n) is 7.13. The molecule has 0 spiro atoms. The van der Waals surface area contributed by atoms with Crippen LogP contribution in [-0.2, 0) is 9.53 Å². The van der Waals surface area contributed by atoms with Gasteiger partial charge >= 0.3 is 5.97 Å². The van der Waals surface area contributed by atoms with E-state index < -0.39 is 0 Å². The molecule has 0 aromatic carbocycles. The Kier molecular flexibility index (Phi) is 4.22. The fourth-order valence-corrected chi connectivity index (χ4v) is 4.18. The molecule has 21 heavy (non-hydrogen) atoms. The van der Waals surface area contributed by atoms with Gasteiger partial charge in [0.25, 0.3) is 0 Å². The number of nitrogens with zero attached hydrogens (tertiary/aromatic N) is 2. The van der Waals surface area contributed by atoms with Crippen LogP contribution in [0.1, 0.15) is 25.7 Å². The Morgan fingerprint density at radius 2 is 1.90 bits per heavy atom. The van der Waals surface area contributed by atoms with Gasteiger partial charge in [-0.2, -0.15) is 0 Å². The average Bonchev–Trinajstić information content (AvgIpc) is 2.46. The molecule has 1 N–H and O–H groups in total. The third-order valence-corrected chi connectivity index (χ3v) is 5.04. The maximum absolute atomic E-state index is 12.1. The minimum absolute atomic E-state index is 0.0204. The summed E-state index contributed by atoms with van der Waals surface area (Å²) in [5.41, 5.74) is 0. The van der Waals surface area contributed by atoms with Crippen molar-refractivity contribution in [2.24, 2.45) is 17.8 Å². The SMILES string of the molecule is COC(=O)C1C2CCC(CC2)C1Nc1cc(Cl)nc(Cl)n1. The standard InChI is InChI=1S/C14H17Cl2N3O2/c1-21-13(20)11-7-2-4-8(5-3-7)12(11)18-10-6-9(15)17-14(16)19-10/h6-8,11-12H,2-5H2,1H3,(H,17,18,19). The number of anilines is 1. The zero-order valence-corrected chi connectivity index (χ0v) is 13.2. The molecule has 4 rings (SSSR count). The number of carbonyl (C=O) groups is 1. The molecule has 3 fully saturated rings. The van der Waals surface area contributed by atoms with Crippen LogP contribution in [-0.4, -0.2) is 29.1 Å². The van der Waals surface area contributed by atoms with E-state index in [-0.39, 0.29) is 28.4 Å². The first-order chi connectivity index (χ1) is 10.1. The van der Waals surface area contributed by atoms with E-state index >= 15 is 0 Å². The average molecular weight is 330 g/mol. The highest BCUT2D eigenvalue weighted by molar-refractivity contribution is 6.32. The van der Waals surface area contributed by atoms with Crippen molar-refractivity contribution in [1.82, 2.24) is 9.97 Å². The van der Waals surface area contributed by atoms with Gasteiger partial charge in [-0.3, -0.25) is 4.79 Å². The number of nitrogens with one attached hydrogen (secondary N) is 1. The Bertz CT molecular complexity index is 527. The number of aromatic nitrogens is 2. The van der Waals surface area contributed by atoms with Gasteiger partial charge in [-0.25, -0.2) is 9.97 Å². The van der Waals surface area contributed by atoms with Crippen LogP contribution < -0.4 is 5.32 Å². The maximum atomic E-state index is 12.1. The summed E-state index contributed by atoms with van der Waals surface area (Å²) in [6, 6.07) is 1.65. The van der Waals surface area contributed by atoms with Crippen LogP contribution in [0.25, 0.3) is 0 Å². The van der Waals surface area contributed by atoms with Gasteiger partial charge in [-0.1, -0.05) is 11.6 Å². The molecule has 3 aliphatic carbocycles. The molecule has 1 aromatic rings. The lowest BCUT2D eigenvalue weighted by Crippen LogP contribution is -2.51. The number of methoxy groups -OCH3 is 1. The molecule has 0 aliphatic heterocycles. The van der Waals surface area contributed by atoms with E-state index in [1.54, 1.807) is 6.07 Å². The van der Waals surface area contributed by atoms with Crippen molar-refractivity contribution in [1.29, 1.82) is 0 Å². The lowest BCUT2D eigenvalue weighted by molar-refractivity contribution is -0.152. The second-order valence-corrected chi connectivity index (χ2v) is 6.46. The minimum Gasteiger partial charge on any atom is -0.469 e. The minimum atomic E-state index is -0.145. The summed E-state index contributed by atoms with van der Waals surface area (Å²) in [5.74, 6) is 1.12. The lowest BCUT2D eigenvalue weighted by Gasteiger charge is -2.47. The number of carbonyl (C=O) groups excluding carboxylic acids is 1. The highest BCUT2D eigenvalue weighted by Crippen LogP contribution is 2.46. The maximum Gasteiger partial charge on any atom is 0.311 e. The highest BCUT2D eigenvalue weighted by atomic mass is 35.5. The summed E-state index contributed by atoms with van der Waals surface area (Å²) in [5, 5.41) is 3.72. The summed E-state index contributed by atoms with van der Waals surface area (Å²) >= 11 is 11.7. The van der Waals surface area contributed by atoms with Crippen LogP contribution >= 0.6 is 23.2 Å². The van der Waals surface area contributed by atoms with Crippen molar-refractivity contribution in [3.8, 4) is 0 Å². The molecule has 1 heterocycles. The van der Waals surface area contributed by atoms with Gasteiger partial charge in [-0.05, 0) is 49.1 Å². The number of fused-ring (bicyclic) bond motifs is 3. The number of esters is 1. The van der Waals surface area contributed by atoms with Crippen LogP contribution in [0.5, 0.6) is 0 Å². The Labute approximate surface area is 133 Å². The molecule has 3 saturated carbocycles. The molecule has 7 heteroatoms. The number of ether oxygens (including phenoxy) is 1. The summed E-state index contributed by atoms with van der Waals surface area (Å²) < 4.78 is 4.99. The van der Waals surface area contributed by atoms with Gasteiger partial charge in [0.05, 0.1) is 13.0 Å². The fraction of sp³-hybridized carbons (Fsp3) is 0.643. The third-order valence-electron chi connectivity index (χ3n) is 4.67. The van der Waals surface area contributed by atoms with Crippen molar-refractivity contribution in [2.45, 2.75) is 31.7 Å². The smallest absolute Gasteiger partial charge is 0.311 e. The number of halogens is 2. The van der Waals surface area contributed by atoms with E-state index in [0.717, 1.165) is 25.7 Å². The van der Waals surface area contributed by atoms with E-state index in [9.17, 15) is 4.79 Å². The van der Waals surface area contributed by atoms with Gasteiger partial charge in [0.15, 0.2) is 0 Å². The van der Waals surface area contributed by atoms with Crippen molar-refractivity contribution >= 4 is 35.0 Å². The third kappa shape index (κ3) is 2.94. The summed E-state index contributed by atoms with van der Waals surface area (Å²) in [6.45, 7) is 0. The number of rotatable bonds is 3. The quantitative estimate of drug-likeness (QED) is 0.524. The van der Waals surface area contributed by atoms with Gasteiger partial charge in [0.2, 0.25) is 5.28 Å². The molecule has 2 atom stereocenters. The van der Waals surface area contributed by atoms with E-state index in [2.05, 4.69) is 15.3 Å². The monoisotopic (exact) mass is 329 g/mol. The summed E-state index contributed by atoms with van der Waals surface area (Å²) in [4.78, 5) is 20.1. The van der Waals surface area contributed by atoms with Crippen LogP contribution in [0.4, 0.5) is 5.82 Å². The Morgan fingerprint density at radius 1 is 1.24 bits per heavy atom. The molecule has 0 amide bonds. The van der Waals surface area contributed by atoms with Crippen LogP contribution in [0.3, 0.4) is 0 Å². The van der Waals surface area contributed by atoms with Gasteiger partial charge in [0.1, 0.15) is 11.0 Å². The Hall–Kier alpha value is -1.07. The Balaban J connectivity index is 1.85. The molecular formula is C14H17Cl2N3O2.